The van der Waals surface area contributed by atoms with Gasteiger partial charge in [-0.25, -0.2) is 4.79 Å². The van der Waals surface area contributed by atoms with Gasteiger partial charge in [0, 0.05) is 16.9 Å². The molecule has 1 N–H and O–H groups in total. The second kappa shape index (κ2) is 6.07. The number of hydrogen-bond acceptors (Lipinski definition) is 1. The Balaban J connectivity index is 2.59. The van der Waals surface area contributed by atoms with Crippen LogP contribution in [0, 0.1) is 5.92 Å². The summed E-state index contributed by atoms with van der Waals surface area (Å²) in [6, 6.07) is 0.207. The van der Waals surface area contributed by atoms with E-state index in [0.717, 1.165) is 36.9 Å². The number of carbonyl (C=O) groups is 1. The molecule has 17 heavy (non-hydrogen) atoms. The molecule has 0 saturated heterocycles. The van der Waals surface area contributed by atoms with E-state index in [-0.39, 0.29) is 11.6 Å². The van der Waals surface area contributed by atoms with Gasteiger partial charge in [-0.15, -0.1) is 0 Å². The summed E-state index contributed by atoms with van der Waals surface area (Å²) < 4.78 is 0. The molecule has 1 aliphatic rings. The van der Waals surface area contributed by atoms with E-state index in [0.29, 0.717) is 0 Å². The first kappa shape index (κ1) is 14.8. The Morgan fingerprint density at radius 1 is 1.29 bits per heavy atom. The van der Waals surface area contributed by atoms with Crippen LogP contribution in [0.15, 0.2) is 0 Å². The second-order valence-corrected chi connectivity index (χ2v) is 6.77. The van der Waals surface area contributed by atoms with Crippen LogP contribution < -0.4 is 0 Å². The average Bonchev–Trinajstić information content (AvgIpc) is 2.18. The van der Waals surface area contributed by atoms with E-state index >= 15 is 0 Å². The summed E-state index contributed by atoms with van der Waals surface area (Å²) in [5.41, 5.74) is -0.293. The zero-order valence-electron chi connectivity index (χ0n) is 11.1. The highest BCUT2D eigenvalue weighted by Crippen LogP contribution is 2.33. The highest BCUT2D eigenvalue weighted by atomic mass is 79.9. The highest BCUT2D eigenvalue weighted by Gasteiger charge is 2.35. The minimum Gasteiger partial charge on any atom is -0.465 e. The van der Waals surface area contributed by atoms with Crippen LogP contribution in [0.2, 0.25) is 0 Å². The normalized spacial score (nSPS) is 25.6. The van der Waals surface area contributed by atoms with E-state index in [1.807, 2.05) is 20.8 Å². The predicted molar refractivity (Wildman–Crippen MR) is 73.8 cm³/mol. The number of halogens is 1. The maximum atomic E-state index is 11.4. The SMILES string of the molecule is CC(C)(C)N(C(=O)O)C1CCC(CCBr)CC1. The Morgan fingerprint density at radius 3 is 2.18 bits per heavy atom. The summed E-state index contributed by atoms with van der Waals surface area (Å²) in [6.45, 7) is 5.93. The third kappa shape index (κ3) is 4.16. The van der Waals surface area contributed by atoms with E-state index in [1.54, 1.807) is 4.90 Å². The molecule has 0 radical (unpaired) electrons. The molecule has 4 heteroatoms. The molecule has 1 amide bonds. The molecule has 1 fully saturated rings. The monoisotopic (exact) mass is 305 g/mol. The van der Waals surface area contributed by atoms with Crippen molar-refractivity contribution in [3.8, 4) is 0 Å². The largest absolute Gasteiger partial charge is 0.465 e. The van der Waals surface area contributed by atoms with Crippen LogP contribution in [0.25, 0.3) is 0 Å². The molecule has 0 aromatic carbocycles. The van der Waals surface area contributed by atoms with Crippen LogP contribution in [0.5, 0.6) is 0 Å². The maximum absolute atomic E-state index is 11.4. The van der Waals surface area contributed by atoms with Crippen molar-refractivity contribution >= 4 is 22.0 Å². The van der Waals surface area contributed by atoms with Gasteiger partial charge in [0.2, 0.25) is 0 Å². The molecule has 0 aromatic rings. The van der Waals surface area contributed by atoms with Crippen LogP contribution >= 0.6 is 15.9 Å². The van der Waals surface area contributed by atoms with Crippen LogP contribution in [-0.4, -0.2) is 33.0 Å². The van der Waals surface area contributed by atoms with Gasteiger partial charge in [0.1, 0.15) is 0 Å². The van der Waals surface area contributed by atoms with Crippen LogP contribution in [0.4, 0.5) is 4.79 Å². The summed E-state index contributed by atoms with van der Waals surface area (Å²) in [4.78, 5) is 13.0. The zero-order chi connectivity index (χ0) is 13.1. The average molecular weight is 306 g/mol. The summed E-state index contributed by atoms with van der Waals surface area (Å²) in [5, 5.41) is 10.4. The standard InChI is InChI=1S/C13H24BrNO2/c1-13(2,3)15(12(16)17)11-6-4-10(5-7-11)8-9-14/h10-11H,4-9H2,1-3H3,(H,16,17). The molecule has 0 spiro atoms. The zero-order valence-corrected chi connectivity index (χ0v) is 12.7. The van der Waals surface area contributed by atoms with Crippen molar-refractivity contribution in [1.29, 1.82) is 0 Å². The van der Waals surface area contributed by atoms with Crippen molar-refractivity contribution in [3.05, 3.63) is 0 Å². The molecule has 0 unspecified atom stereocenters. The van der Waals surface area contributed by atoms with Gasteiger partial charge in [-0.1, -0.05) is 15.9 Å². The van der Waals surface area contributed by atoms with Gasteiger partial charge >= 0.3 is 6.09 Å². The molecule has 100 valence electrons. The molecule has 1 aliphatic carbocycles. The fourth-order valence-corrected chi connectivity index (χ4v) is 3.48. The quantitative estimate of drug-likeness (QED) is 0.797. The second-order valence-electron chi connectivity index (χ2n) is 5.98. The van der Waals surface area contributed by atoms with Crippen molar-refractivity contribution in [2.45, 2.75) is 64.5 Å². The Bertz CT molecular complexity index is 255. The smallest absolute Gasteiger partial charge is 0.407 e. The Labute approximate surface area is 113 Å². The Kier molecular flexibility index (Phi) is 5.29. The Hall–Kier alpha value is -0.250. The molecule has 0 aromatic heterocycles. The lowest BCUT2D eigenvalue weighted by atomic mass is 9.83. The maximum Gasteiger partial charge on any atom is 0.407 e. The molecule has 1 rings (SSSR count). The minimum atomic E-state index is -0.776. The topological polar surface area (TPSA) is 40.5 Å². The van der Waals surface area contributed by atoms with Gasteiger partial charge in [0.25, 0.3) is 0 Å². The lowest BCUT2D eigenvalue weighted by molar-refractivity contribution is 0.0502. The third-order valence-corrected chi connectivity index (χ3v) is 4.09. The lowest BCUT2D eigenvalue weighted by Gasteiger charge is -2.42. The number of rotatable bonds is 3. The molecular formula is C13H24BrNO2. The lowest BCUT2D eigenvalue weighted by Crippen LogP contribution is -2.52. The van der Waals surface area contributed by atoms with Gasteiger partial charge in [-0.2, -0.15) is 0 Å². The van der Waals surface area contributed by atoms with E-state index in [9.17, 15) is 9.90 Å². The molecule has 0 aliphatic heterocycles. The highest BCUT2D eigenvalue weighted by molar-refractivity contribution is 9.09. The van der Waals surface area contributed by atoms with Gasteiger partial charge in [-0.3, -0.25) is 0 Å². The number of alkyl halides is 1. The van der Waals surface area contributed by atoms with E-state index in [2.05, 4.69) is 15.9 Å². The van der Waals surface area contributed by atoms with Gasteiger partial charge in [0.15, 0.2) is 0 Å². The van der Waals surface area contributed by atoms with Crippen molar-refractivity contribution in [2.24, 2.45) is 5.92 Å². The first-order chi connectivity index (χ1) is 7.86. The van der Waals surface area contributed by atoms with Crippen LogP contribution in [0.3, 0.4) is 0 Å². The van der Waals surface area contributed by atoms with Crippen molar-refractivity contribution < 1.29 is 9.90 Å². The molecule has 0 bridgehead atoms. The summed E-state index contributed by atoms with van der Waals surface area (Å²) in [7, 11) is 0. The van der Waals surface area contributed by atoms with Gasteiger partial charge in [0.05, 0.1) is 0 Å². The first-order valence-electron chi connectivity index (χ1n) is 6.44. The number of hydrogen-bond donors (Lipinski definition) is 1. The fraction of sp³-hybridized carbons (Fsp3) is 0.923. The molecule has 1 saturated carbocycles. The molecule has 3 nitrogen and oxygen atoms in total. The summed E-state index contributed by atoms with van der Waals surface area (Å²) >= 11 is 3.48. The fourth-order valence-electron chi connectivity index (χ4n) is 2.84. The number of amides is 1. The molecule has 0 heterocycles. The van der Waals surface area contributed by atoms with Gasteiger partial charge < -0.3 is 10.0 Å². The van der Waals surface area contributed by atoms with E-state index in [4.69, 9.17) is 0 Å². The van der Waals surface area contributed by atoms with Gasteiger partial charge in [-0.05, 0) is 58.8 Å². The van der Waals surface area contributed by atoms with Crippen LogP contribution in [-0.2, 0) is 0 Å². The van der Waals surface area contributed by atoms with Crippen molar-refractivity contribution in [3.63, 3.8) is 0 Å². The van der Waals surface area contributed by atoms with Crippen LogP contribution in [0.1, 0.15) is 52.9 Å². The molecular weight excluding hydrogens is 282 g/mol. The number of carboxylic acid groups (broad SMARTS) is 1. The third-order valence-electron chi connectivity index (χ3n) is 3.63. The molecule has 0 atom stereocenters. The van der Waals surface area contributed by atoms with Crippen molar-refractivity contribution in [1.82, 2.24) is 4.90 Å². The van der Waals surface area contributed by atoms with E-state index < -0.39 is 6.09 Å². The van der Waals surface area contributed by atoms with Crippen molar-refractivity contribution in [2.75, 3.05) is 5.33 Å². The Morgan fingerprint density at radius 2 is 1.82 bits per heavy atom. The first-order valence-corrected chi connectivity index (χ1v) is 7.56. The van der Waals surface area contributed by atoms with E-state index in [1.165, 1.54) is 6.42 Å². The minimum absolute atomic E-state index is 0.207. The summed E-state index contributed by atoms with van der Waals surface area (Å²) in [5.74, 6) is 0.779. The summed E-state index contributed by atoms with van der Waals surface area (Å²) in [6.07, 6.45) is 4.80. The predicted octanol–water partition coefficient (Wildman–Crippen LogP) is 4.11. The number of nitrogens with zero attached hydrogens (tertiary/aromatic N) is 1.